The molecule has 0 radical (unpaired) electrons. The van der Waals surface area contributed by atoms with E-state index in [0.717, 1.165) is 31.3 Å². The molecular formula is C31H43N5O9. The molecule has 0 aromatic heterocycles. The largest absolute Gasteiger partial charge is 0.497 e. The number of hydrogen-bond acceptors (Lipinski definition) is 11. The van der Waals surface area contributed by atoms with Crippen LogP contribution in [0.1, 0.15) is 50.7 Å². The molecule has 3 fully saturated rings. The Balaban J connectivity index is 1.37. The number of carbonyl (C=O) groups excluding carboxylic acids is 4. The summed E-state index contributed by atoms with van der Waals surface area (Å²) in [6.07, 6.45) is 5.16. The molecule has 5 N–H and O–H groups in total. The van der Waals surface area contributed by atoms with Gasteiger partial charge >= 0.3 is 0 Å². The van der Waals surface area contributed by atoms with E-state index < -0.39 is 53.8 Å². The Labute approximate surface area is 262 Å². The van der Waals surface area contributed by atoms with Crippen LogP contribution in [0.15, 0.2) is 35.9 Å². The van der Waals surface area contributed by atoms with Crippen molar-refractivity contribution >= 4 is 23.5 Å². The third-order valence-corrected chi connectivity index (χ3v) is 8.79. The molecule has 45 heavy (non-hydrogen) atoms. The predicted molar refractivity (Wildman–Crippen MR) is 159 cm³/mol. The van der Waals surface area contributed by atoms with Crippen LogP contribution in [-0.4, -0.2) is 115 Å². The monoisotopic (exact) mass is 629 g/mol. The van der Waals surface area contributed by atoms with Crippen LogP contribution >= 0.6 is 0 Å². The van der Waals surface area contributed by atoms with E-state index in [1.807, 2.05) is 4.90 Å². The summed E-state index contributed by atoms with van der Waals surface area (Å²) in [5.74, 6) is 4.44. The minimum Gasteiger partial charge on any atom is -0.497 e. The number of nitrogens with two attached hydrogens (primary N) is 1. The highest BCUT2D eigenvalue weighted by atomic mass is 16.6. The second kappa shape index (κ2) is 13.9. The standard InChI is InChI=1S/C31H43N5O9/c1-30(19-44-30)26(39)23(16-20-6-4-3-5-7-20)34-29(41)31(27(45-31)21-8-10-22(42-2)11-9-21)36(32)28(40)24(18-37)33-25(38)17-35-12-14-43-15-13-35/h6,8-11,23-24,27,37H,3-5,7,12-19,32H2,1-2H3,(H,33,38)(H,34,41)/t23?,24?,27?,30?,31-/m0/s1. The van der Waals surface area contributed by atoms with Crippen LogP contribution in [-0.2, 0) is 33.4 Å². The van der Waals surface area contributed by atoms with Gasteiger partial charge in [-0.25, -0.2) is 10.9 Å². The molecule has 4 unspecified atom stereocenters. The molecule has 3 saturated heterocycles. The zero-order valence-electron chi connectivity index (χ0n) is 25.8. The van der Waals surface area contributed by atoms with Crippen molar-refractivity contribution in [2.24, 2.45) is 5.84 Å². The molecule has 3 amide bonds. The number of carbonyl (C=O) groups is 4. The summed E-state index contributed by atoms with van der Waals surface area (Å²) < 4.78 is 21.9. The quantitative estimate of drug-likeness (QED) is 0.0696. The molecule has 1 aromatic carbocycles. The maximum Gasteiger partial charge on any atom is 0.278 e. The van der Waals surface area contributed by atoms with Crippen molar-refractivity contribution in [2.45, 2.75) is 68.5 Å². The highest BCUT2D eigenvalue weighted by Crippen LogP contribution is 2.51. The Morgan fingerprint density at radius 2 is 1.84 bits per heavy atom. The molecule has 246 valence electrons. The third-order valence-electron chi connectivity index (χ3n) is 8.79. The first kappa shape index (κ1) is 33.0. The Kier molecular flexibility index (Phi) is 10.2. The Bertz CT molecular complexity index is 1290. The van der Waals surface area contributed by atoms with Gasteiger partial charge in [0, 0.05) is 13.1 Å². The fraction of sp³-hybridized carbons (Fsp3) is 0.613. The zero-order chi connectivity index (χ0) is 32.2. The number of epoxide rings is 2. The van der Waals surface area contributed by atoms with Gasteiger partial charge in [-0.2, -0.15) is 0 Å². The first-order chi connectivity index (χ1) is 21.6. The Hall–Kier alpha value is -3.40. The van der Waals surface area contributed by atoms with Crippen molar-refractivity contribution in [3.8, 4) is 5.75 Å². The molecule has 0 bridgehead atoms. The van der Waals surface area contributed by atoms with Crippen molar-refractivity contribution in [1.29, 1.82) is 0 Å². The number of methoxy groups -OCH3 is 1. The maximum absolute atomic E-state index is 14.2. The van der Waals surface area contributed by atoms with Crippen molar-refractivity contribution < 1.29 is 43.2 Å². The van der Waals surface area contributed by atoms with Gasteiger partial charge < -0.3 is 34.7 Å². The van der Waals surface area contributed by atoms with Gasteiger partial charge in [-0.15, -0.1) is 0 Å². The average Bonchev–Trinajstić information content (AvgIpc) is 3.99. The Morgan fingerprint density at radius 3 is 2.44 bits per heavy atom. The predicted octanol–water partition coefficient (Wildman–Crippen LogP) is -0.292. The Morgan fingerprint density at radius 1 is 1.13 bits per heavy atom. The number of allylic oxidation sites excluding steroid dienone is 1. The van der Waals surface area contributed by atoms with E-state index in [4.69, 9.17) is 24.8 Å². The zero-order valence-corrected chi connectivity index (χ0v) is 25.8. The fourth-order valence-electron chi connectivity index (χ4n) is 5.85. The van der Waals surface area contributed by atoms with E-state index in [0.29, 0.717) is 49.0 Å². The first-order valence-electron chi connectivity index (χ1n) is 15.4. The molecule has 0 saturated carbocycles. The molecular weight excluding hydrogens is 586 g/mol. The number of hydrazine groups is 1. The van der Waals surface area contributed by atoms with Crippen molar-refractivity contribution in [2.75, 3.05) is 53.2 Å². The van der Waals surface area contributed by atoms with Crippen LogP contribution in [0.5, 0.6) is 5.75 Å². The summed E-state index contributed by atoms with van der Waals surface area (Å²) in [6.45, 7) is 3.23. The van der Waals surface area contributed by atoms with Gasteiger partial charge in [0.25, 0.3) is 17.5 Å². The second-order valence-electron chi connectivity index (χ2n) is 12.1. The van der Waals surface area contributed by atoms with Crippen molar-refractivity contribution in [1.82, 2.24) is 20.5 Å². The van der Waals surface area contributed by atoms with Gasteiger partial charge in [0.2, 0.25) is 5.91 Å². The summed E-state index contributed by atoms with van der Waals surface area (Å²) >= 11 is 0. The van der Waals surface area contributed by atoms with Gasteiger partial charge in [-0.1, -0.05) is 23.8 Å². The molecule has 14 nitrogen and oxygen atoms in total. The molecule has 3 aliphatic heterocycles. The molecule has 1 aromatic rings. The number of Topliss-reactive ketones (excluding diaryl/α,β-unsaturated/α-hetero) is 1. The van der Waals surface area contributed by atoms with E-state index in [1.54, 1.807) is 31.2 Å². The third kappa shape index (κ3) is 7.37. The lowest BCUT2D eigenvalue weighted by Gasteiger charge is -2.30. The normalized spacial score (nSPS) is 27.4. The molecule has 3 heterocycles. The van der Waals surface area contributed by atoms with Gasteiger partial charge in [0.15, 0.2) is 5.78 Å². The number of aliphatic hydroxyl groups is 1. The van der Waals surface area contributed by atoms with Crippen LogP contribution in [0.25, 0.3) is 0 Å². The number of morpholine rings is 1. The van der Waals surface area contributed by atoms with Crippen LogP contribution in [0.3, 0.4) is 0 Å². The van der Waals surface area contributed by atoms with Crippen LogP contribution in [0.2, 0.25) is 0 Å². The summed E-state index contributed by atoms with van der Waals surface area (Å²) in [4.78, 5) is 56.0. The average molecular weight is 630 g/mol. The van der Waals surface area contributed by atoms with E-state index in [2.05, 4.69) is 16.7 Å². The number of ketones is 1. The molecule has 1 aliphatic carbocycles. The fourth-order valence-corrected chi connectivity index (χ4v) is 5.85. The maximum atomic E-state index is 14.2. The lowest BCUT2D eigenvalue weighted by molar-refractivity contribution is -0.152. The SMILES string of the molecule is COc1ccc(C2O[C@@]2(C(=O)NC(CC2=CCCCC2)C(=O)C2(C)CO2)N(N)C(=O)C(CO)NC(=O)CN2CCOCC2)cc1. The van der Waals surface area contributed by atoms with Gasteiger partial charge in [-0.3, -0.25) is 24.1 Å². The summed E-state index contributed by atoms with van der Waals surface area (Å²) in [7, 11) is 1.52. The first-order valence-corrected chi connectivity index (χ1v) is 15.4. The van der Waals surface area contributed by atoms with E-state index in [1.165, 1.54) is 7.11 Å². The number of aliphatic hydroxyl groups excluding tert-OH is 1. The molecule has 5 atom stereocenters. The number of nitrogens with one attached hydrogen (secondary N) is 2. The van der Waals surface area contributed by atoms with Crippen molar-refractivity contribution in [3.63, 3.8) is 0 Å². The van der Waals surface area contributed by atoms with Crippen molar-refractivity contribution in [3.05, 3.63) is 41.5 Å². The van der Waals surface area contributed by atoms with Crippen LogP contribution in [0, 0.1) is 0 Å². The van der Waals surface area contributed by atoms with Gasteiger partial charge in [-0.05, 0) is 56.7 Å². The molecule has 5 rings (SSSR count). The summed E-state index contributed by atoms with van der Waals surface area (Å²) in [5.41, 5.74) is -1.48. The highest BCUT2D eigenvalue weighted by Gasteiger charge is 2.69. The molecule has 0 spiro atoms. The minimum atomic E-state index is -2.06. The lowest BCUT2D eigenvalue weighted by atomic mass is 9.89. The van der Waals surface area contributed by atoms with E-state index in [9.17, 15) is 24.3 Å². The van der Waals surface area contributed by atoms with Crippen LogP contribution < -0.4 is 21.2 Å². The summed E-state index contributed by atoms with van der Waals surface area (Å²) in [6, 6.07) is 4.32. The lowest BCUT2D eigenvalue weighted by Crippen LogP contribution is -2.64. The number of benzene rings is 1. The minimum absolute atomic E-state index is 0.00516. The smallest absolute Gasteiger partial charge is 0.278 e. The number of hydrogen-bond donors (Lipinski definition) is 4. The number of nitrogens with zero attached hydrogens (tertiary/aromatic N) is 2. The molecule has 14 heteroatoms. The van der Waals surface area contributed by atoms with E-state index >= 15 is 0 Å². The topological polar surface area (TPSA) is 189 Å². The number of amides is 3. The van der Waals surface area contributed by atoms with Crippen LogP contribution in [0.4, 0.5) is 0 Å². The summed E-state index contributed by atoms with van der Waals surface area (Å²) in [5, 5.41) is 16.0. The van der Waals surface area contributed by atoms with E-state index in [-0.39, 0.29) is 18.9 Å². The number of ether oxygens (including phenoxy) is 4. The number of rotatable bonds is 14. The van der Waals surface area contributed by atoms with Gasteiger partial charge in [0.1, 0.15) is 23.5 Å². The highest BCUT2D eigenvalue weighted by molar-refractivity contribution is 6.00. The molecule has 4 aliphatic rings. The van der Waals surface area contributed by atoms with Gasteiger partial charge in [0.05, 0.1) is 46.1 Å². The second-order valence-corrected chi connectivity index (χ2v) is 12.1.